The molecule has 8 N–H and O–H groups in total. The van der Waals surface area contributed by atoms with Crippen molar-refractivity contribution >= 4 is 27.6 Å². The molecule has 0 atom stereocenters. The van der Waals surface area contributed by atoms with Crippen LogP contribution in [0.5, 0.6) is 0 Å². The minimum Gasteiger partial charge on any atom is -0.481 e. The number of aliphatic carboxylic acids is 2. The van der Waals surface area contributed by atoms with Gasteiger partial charge in [0.05, 0.1) is 0 Å². The number of carbonyl (C=O) groups is 2. The monoisotopic (exact) mass is 764 g/mol. The Morgan fingerprint density at radius 3 is 0.560 bits per heavy atom. The highest BCUT2D eigenvalue weighted by molar-refractivity contribution is 7.45. The first-order chi connectivity index (χ1) is 23.5. The van der Waals surface area contributed by atoms with Gasteiger partial charge in [-0.1, -0.05) is 194 Å². The predicted octanol–water partition coefficient (Wildman–Crippen LogP) is 10.8. The second-order valence-electron chi connectivity index (χ2n) is 13.2. The first-order valence-corrected chi connectivity index (χ1v) is 22.7. The third kappa shape index (κ3) is 91.4. The zero-order valence-corrected chi connectivity index (χ0v) is 33.5. The van der Waals surface area contributed by atoms with Gasteiger partial charge in [0.25, 0.3) is 0 Å². The molecule has 0 radical (unpaired) electrons. The number of rotatable bonds is 32. The third-order valence-electron chi connectivity index (χ3n) is 7.99. The summed E-state index contributed by atoms with van der Waals surface area (Å²) in [5, 5.41) is 17.0. The maximum Gasteiger partial charge on any atom is 0.466 e. The molecule has 0 aliphatic carbocycles. The van der Waals surface area contributed by atoms with Gasteiger partial charge < -0.3 is 39.6 Å². The van der Waals surface area contributed by atoms with Crippen molar-refractivity contribution in [1.82, 2.24) is 0 Å². The van der Waals surface area contributed by atoms with Gasteiger partial charge in [-0.3, -0.25) is 9.59 Å². The van der Waals surface area contributed by atoms with Gasteiger partial charge in [-0.2, -0.15) is 0 Å². The summed E-state index contributed by atoms with van der Waals surface area (Å²) in [5.41, 5.74) is 0. The average molecular weight is 765 g/mol. The van der Waals surface area contributed by atoms with Gasteiger partial charge in [0.15, 0.2) is 0 Å². The highest BCUT2D eigenvalue weighted by Crippen LogP contribution is 2.26. The molecular weight excluding hydrogens is 686 g/mol. The highest BCUT2D eigenvalue weighted by atomic mass is 31.2. The number of unbranched alkanes of at least 4 members (excludes halogenated alkanes) is 28. The smallest absolute Gasteiger partial charge is 0.466 e. The Balaban J connectivity index is -0.000000332. The molecule has 0 heterocycles. The Labute approximate surface area is 304 Å². The number of hydrogen-bond acceptors (Lipinski definition) is 4. The van der Waals surface area contributed by atoms with Crippen molar-refractivity contribution in [3.05, 3.63) is 0 Å². The molecular formula is C36H78O12P2. The normalized spacial score (nSPS) is 11.0. The lowest BCUT2D eigenvalue weighted by Gasteiger charge is -2.03. The lowest BCUT2D eigenvalue weighted by molar-refractivity contribution is -0.138. The zero-order valence-electron chi connectivity index (χ0n) is 31.7. The molecule has 0 amide bonds. The van der Waals surface area contributed by atoms with E-state index in [9.17, 15) is 9.59 Å². The Morgan fingerprint density at radius 1 is 0.320 bits per heavy atom. The topological polar surface area (TPSA) is 230 Å². The summed E-state index contributed by atoms with van der Waals surface area (Å²) in [6.07, 6.45) is 40.4. The van der Waals surface area contributed by atoms with E-state index in [2.05, 4.69) is 13.8 Å². The maximum atomic E-state index is 10.3. The molecule has 0 aromatic rings. The molecule has 0 rings (SSSR count). The van der Waals surface area contributed by atoms with E-state index in [0.717, 1.165) is 25.7 Å². The molecule has 304 valence electrons. The van der Waals surface area contributed by atoms with E-state index >= 15 is 0 Å². The molecule has 0 aliphatic heterocycles. The minimum atomic E-state index is -4.64. The lowest BCUT2D eigenvalue weighted by atomic mass is 10.0. The van der Waals surface area contributed by atoms with Crippen LogP contribution in [-0.2, 0) is 18.7 Å². The Morgan fingerprint density at radius 2 is 0.440 bits per heavy atom. The first kappa shape index (κ1) is 55.9. The van der Waals surface area contributed by atoms with E-state index in [1.807, 2.05) is 0 Å². The second-order valence-corrected chi connectivity index (χ2v) is 15.3. The summed E-state index contributed by atoms with van der Waals surface area (Å²) in [4.78, 5) is 63.8. The summed E-state index contributed by atoms with van der Waals surface area (Å²) in [7, 11) is -9.28. The number of carboxylic acids is 2. The standard InChI is InChI=1S/2C18H36O2.2H3O4P/c2*1-2-3-4-5-6-7-8-9-10-11-12-13-14-15-16-17-18(19)20;2*1-5(2,3)4/h2*2-17H2,1H3,(H,19,20);2*(H3,1,2,3,4). The zero-order chi connectivity index (χ0) is 38.8. The van der Waals surface area contributed by atoms with Gasteiger partial charge >= 0.3 is 27.6 Å². The predicted molar refractivity (Wildman–Crippen MR) is 203 cm³/mol. The van der Waals surface area contributed by atoms with Crippen LogP contribution >= 0.6 is 15.6 Å². The van der Waals surface area contributed by atoms with Crippen molar-refractivity contribution < 1.29 is 58.3 Å². The molecule has 14 heteroatoms. The van der Waals surface area contributed by atoms with Crippen molar-refractivity contribution in [1.29, 1.82) is 0 Å². The molecule has 0 aromatic heterocycles. The van der Waals surface area contributed by atoms with Crippen LogP contribution in [-0.4, -0.2) is 51.5 Å². The molecule has 0 saturated heterocycles. The second kappa shape index (κ2) is 44.3. The fourth-order valence-corrected chi connectivity index (χ4v) is 5.30. The van der Waals surface area contributed by atoms with Crippen LogP contribution in [0.1, 0.15) is 219 Å². The SMILES string of the molecule is CCCCCCCCCCCCCCCCCC(=O)O.CCCCCCCCCCCCCCCCCC(=O)O.O=P(O)(O)O.O=P(O)(O)O. The summed E-state index contributed by atoms with van der Waals surface area (Å²) >= 11 is 0. The van der Waals surface area contributed by atoms with Crippen molar-refractivity contribution in [3.63, 3.8) is 0 Å². The highest BCUT2D eigenvalue weighted by Gasteiger charge is 2.01. The van der Waals surface area contributed by atoms with Crippen LogP contribution in [0.25, 0.3) is 0 Å². The van der Waals surface area contributed by atoms with Crippen LogP contribution in [0.4, 0.5) is 0 Å². The van der Waals surface area contributed by atoms with Crippen LogP contribution in [0.15, 0.2) is 0 Å². The molecule has 0 bridgehead atoms. The summed E-state index contributed by atoms with van der Waals surface area (Å²) in [6, 6.07) is 0. The number of hydrogen-bond donors (Lipinski definition) is 8. The Kier molecular flexibility index (Phi) is 49.6. The van der Waals surface area contributed by atoms with E-state index in [1.54, 1.807) is 0 Å². The number of phosphoric acid groups is 2. The molecule has 0 unspecified atom stereocenters. The molecule has 50 heavy (non-hydrogen) atoms. The summed E-state index contributed by atoms with van der Waals surface area (Å²) in [5.74, 6) is -1.31. The quantitative estimate of drug-likeness (QED) is 0.0236. The van der Waals surface area contributed by atoms with Crippen molar-refractivity contribution in [2.75, 3.05) is 0 Å². The van der Waals surface area contributed by atoms with Gasteiger partial charge in [0.2, 0.25) is 0 Å². The first-order valence-electron chi connectivity index (χ1n) is 19.5. The Hall–Kier alpha value is -0.840. The van der Waals surface area contributed by atoms with Gasteiger partial charge in [-0.05, 0) is 12.8 Å². The molecule has 0 aliphatic rings. The molecule has 0 saturated carbocycles. The Bertz CT molecular complexity index is 707. The third-order valence-corrected chi connectivity index (χ3v) is 7.99. The molecule has 0 aromatic carbocycles. The van der Waals surface area contributed by atoms with Crippen molar-refractivity contribution in [2.24, 2.45) is 0 Å². The molecule has 12 nitrogen and oxygen atoms in total. The van der Waals surface area contributed by atoms with Crippen LogP contribution in [0.3, 0.4) is 0 Å². The van der Waals surface area contributed by atoms with Crippen molar-refractivity contribution in [2.45, 2.75) is 219 Å². The number of carboxylic acid groups (broad SMARTS) is 2. The van der Waals surface area contributed by atoms with Crippen LogP contribution in [0.2, 0.25) is 0 Å². The van der Waals surface area contributed by atoms with Crippen LogP contribution < -0.4 is 0 Å². The fraction of sp³-hybridized carbons (Fsp3) is 0.944. The maximum absolute atomic E-state index is 10.3. The van der Waals surface area contributed by atoms with Gasteiger partial charge in [-0.15, -0.1) is 0 Å². The largest absolute Gasteiger partial charge is 0.481 e. The van der Waals surface area contributed by atoms with Gasteiger partial charge in [0.1, 0.15) is 0 Å². The summed E-state index contributed by atoms with van der Waals surface area (Å²) < 4.78 is 17.8. The summed E-state index contributed by atoms with van der Waals surface area (Å²) in [6.45, 7) is 4.54. The average Bonchev–Trinajstić information content (AvgIpc) is 2.99. The van der Waals surface area contributed by atoms with Crippen LogP contribution in [0, 0.1) is 0 Å². The van der Waals surface area contributed by atoms with Gasteiger partial charge in [0, 0.05) is 12.8 Å². The lowest BCUT2D eigenvalue weighted by Crippen LogP contribution is -1.93. The molecule has 0 spiro atoms. The minimum absolute atomic E-state index is 0.345. The van der Waals surface area contributed by atoms with Crippen molar-refractivity contribution in [3.8, 4) is 0 Å². The van der Waals surface area contributed by atoms with E-state index in [-0.39, 0.29) is 0 Å². The molecule has 0 fully saturated rings. The van der Waals surface area contributed by atoms with Gasteiger partial charge in [-0.25, -0.2) is 9.13 Å². The fourth-order valence-electron chi connectivity index (χ4n) is 5.30. The van der Waals surface area contributed by atoms with E-state index in [1.165, 1.54) is 167 Å². The van der Waals surface area contributed by atoms with E-state index < -0.39 is 27.6 Å². The van der Waals surface area contributed by atoms with E-state index in [4.69, 9.17) is 48.7 Å². The van der Waals surface area contributed by atoms with E-state index in [0.29, 0.717) is 12.8 Å².